The summed E-state index contributed by atoms with van der Waals surface area (Å²) in [7, 11) is 0. The summed E-state index contributed by atoms with van der Waals surface area (Å²) in [5.41, 5.74) is 4.15. The van der Waals surface area contributed by atoms with E-state index in [9.17, 15) is 4.79 Å². The van der Waals surface area contributed by atoms with Crippen molar-refractivity contribution in [1.82, 2.24) is 9.55 Å². The number of hydrogen-bond donors (Lipinski definition) is 0. The summed E-state index contributed by atoms with van der Waals surface area (Å²) in [5, 5.41) is 0. The number of carbonyl (C=O) groups is 1. The summed E-state index contributed by atoms with van der Waals surface area (Å²) in [5.74, 6) is -0.105. The van der Waals surface area contributed by atoms with Gasteiger partial charge in [-0.15, -0.1) is 0 Å². The van der Waals surface area contributed by atoms with Crippen molar-refractivity contribution in [1.29, 1.82) is 0 Å². The summed E-state index contributed by atoms with van der Waals surface area (Å²) in [6.07, 6.45) is 8.68. The van der Waals surface area contributed by atoms with Gasteiger partial charge in [0.05, 0.1) is 12.9 Å². The zero-order valence-corrected chi connectivity index (χ0v) is 18.5. The zero-order chi connectivity index (χ0) is 21.6. The number of imidazole rings is 1. The van der Waals surface area contributed by atoms with Crippen molar-refractivity contribution in [2.24, 2.45) is 0 Å². The fourth-order valence-corrected chi connectivity index (χ4v) is 3.26. The van der Waals surface area contributed by atoms with Crippen LogP contribution in [-0.4, -0.2) is 28.8 Å². The van der Waals surface area contributed by atoms with Crippen LogP contribution in [0.3, 0.4) is 0 Å². The Balaban J connectivity index is 0.000000216. The molecule has 2 aromatic carbocycles. The van der Waals surface area contributed by atoms with Crippen LogP contribution >= 0.6 is 0 Å². The monoisotopic (exact) mass is 404 g/mol. The van der Waals surface area contributed by atoms with Gasteiger partial charge >= 0.3 is 5.97 Å². The van der Waals surface area contributed by atoms with Crippen LogP contribution in [0.4, 0.5) is 0 Å². The van der Waals surface area contributed by atoms with Crippen LogP contribution in [0.2, 0.25) is 6.32 Å². The highest BCUT2D eigenvalue weighted by Crippen LogP contribution is 2.00. The summed E-state index contributed by atoms with van der Waals surface area (Å²) < 4.78 is 6.90. The number of hydrogen-bond acceptors (Lipinski definition) is 3. The topological polar surface area (TPSA) is 44.1 Å². The molecule has 30 heavy (non-hydrogen) atoms. The van der Waals surface area contributed by atoms with Gasteiger partial charge in [-0.2, -0.15) is 0 Å². The average Bonchev–Trinajstić information content (AvgIpc) is 3.29. The van der Waals surface area contributed by atoms with E-state index < -0.39 is 0 Å². The third-order valence-electron chi connectivity index (χ3n) is 4.91. The predicted molar refractivity (Wildman–Crippen MR) is 126 cm³/mol. The zero-order valence-electron chi connectivity index (χ0n) is 18.5. The molecule has 0 bridgehead atoms. The van der Waals surface area contributed by atoms with Crippen molar-refractivity contribution < 1.29 is 9.53 Å². The third-order valence-corrected chi connectivity index (χ3v) is 4.91. The third kappa shape index (κ3) is 8.28. The summed E-state index contributed by atoms with van der Waals surface area (Å²) in [6.45, 7) is 8.25. The minimum absolute atomic E-state index is 0.105. The van der Waals surface area contributed by atoms with E-state index >= 15 is 0 Å². The van der Waals surface area contributed by atoms with Gasteiger partial charge in [0, 0.05) is 25.4 Å². The Bertz CT molecular complexity index is 833. The molecular weight excluding hydrogens is 371 g/mol. The Morgan fingerprint density at radius 3 is 2.33 bits per heavy atom. The van der Waals surface area contributed by atoms with Crippen LogP contribution in [0.25, 0.3) is 0 Å². The highest BCUT2D eigenvalue weighted by molar-refractivity contribution is 6.85. The second-order valence-corrected chi connectivity index (χ2v) is 7.41. The molecule has 1 aromatic heterocycles. The first-order chi connectivity index (χ1) is 14.6. The molecule has 0 atom stereocenters. The highest BCUT2D eigenvalue weighted by atomic mass is 16.5. The van der Waals surface area contributed by atoms with Crippen molar-refractivity contribution >= 4 is 23.6 Å². The molecule has 0 aliphatic rings. The number of rotatable bonds is 9. The molecule has 1 heterocycles. The molecular formula is C25H33BN2O2. The maximum Gasteiger partial charge on any atom is 0.305 e. The maximum absolute atomic E-state index is 11.1. The minimum atomic E-state index is -0.105. The van der Waals surface area contributed by atoms with Gasteiger partial charge in [-0.25, -0.2) is 4.98 Å². The molecule has 5 heteroatoms. The van der Waals surface area contributed by atoms with Crippen LogP contribution in [0.15, 0.2) is 73.3 Å². The molecule has 0 N–H and O–H groups in total. The SMILES string of the molecule is CCB(c1ccccc1)c1ccc(C)cc1.CCCOC(=O)CCCn1ccnc1. The number of esters is 1. The van der Waals surface area contributed by atoms with Gasteiger partial charge in [0.25, 0.3) is 0 Å². The lowest BCUT2D eigenvalue weighted by Crippen LogP contribution is -2.41. The fourth-order valence-electron chi connectivity index (χ4n) is 3.26. The molecule has 0 aliphatic heterocycles. The van der Waals surface area contributed by atoms with E-state index in [1.807, 2.05) is 17.7 Å². The molecule has 0 saturated carbocycles. The average molecular weight is 404 g/mol. The molecule has 3 rings (SSSR count). The molecule has 158 valence electrons. The number of carbonyl (C=O) groups excluding carboxylic acids is 1. The van der Waals surface area contributed by atoms with Crippen LogP contribution < -0.4 is 10.9 Å². The Morgan fingerprint density at radius 2 is 1.73 bits per heavy atom. The predicted octanol–water partition coefficient (Wildman–Crippen LogP) is 4.24. The molecule has 4 nitrogen and oxygen atoms in total. The first-order valence-corrected chi connectivity index (χ1v) is 10.9. The lowest BCUT2D eigenvalue weighted by Gasteiger charge is -2.12. The Morgan fingerprint density at radius 1 is 1.03 bits per heavy atom. The molecule has 0 unspecified atom stereocenters. The minimum Gasteiger partial charge on any atom is -0.466 e. The second-order valence-electron chi connectivity index (χ2n) is 7.41. The number of nitrogens with zero attached hydrogens (tertiary/aromatic N) is 2. The van der Waals surface area contributed by atoms with Gasteiger partial charge in [-0.3, -0.25) is 4.79 Å². The van der Waals surface area contributed by atoms with E-state index in [4.69, 9.17) is 4.74 Å². The van der Waals surface area contributed by atoms with Crippen molar-refractivity contribution in [3.05, 3.63) is 78.9 Å². The van der Waals surface area contributed by atoms with Gasteiger partial charge in [-0.1, -0.05) is 91.3 Å². The van der Waals surface area contributed by atoms with Gasteiger partial charge in [0.2, 0.25) is 6.71 Å². The van der Waals surface area contributed by atoms with Crippen molar-refractivity contribution in [3.8, 4) is 0 Å². The molecule has 0 spiro atoms. The number of aryl methyl sites for hydroxylation is 2. The normalized spacial score (nSPS) is 10.1. The van der Waals surface area contributed by atoms with Crippen molar-refractivity contribution in [2.75, 3.05) is 6.61 Å². The van der Waals surface area contributed by atoms with Crippen LogP contribution in [0.5, 0.6) is 0 Å². The van der Waals surface area contributed by atoms with Gasteiger partial charge in [-0.05, 0) is 19.8 Å². The van der Waals surface area contributed by atoms with Crippen LogP contribution in [-0.2, 0) is 16.1 Å². The Hall–Kier alpha value is -2.82. The Kier molecular flexibility index (Phi) is 10.5. The van der Waals surface area contributed by atoms with E-state index in [0.717, 1.165) is 25.7 Å². The number of benzene rings is 2. The van der Waals surface area contributed by atoms with E-state index in [0.29, 0.717) is 19.7 Å². The summed E-state index contributed by atoms with van der Waals surface area (Å²) >= 11 is 0. The van der Waals surface area contributed by atoms with E-state index in [-0.39, 0.29) is 5.97 Å². The van der Waals surface area contributed by atoms with Crippen LogP contribution in [0, 0.1) is 6.92 Å². The lowest BCUT2D eigenvalue weighted by molar-refractivity contribution is -0.143. The maximum atomic E-state index is 11.1. The van der Waals surface area contributed by atoms with Crippen molar-refractivity contribution in [3.63, 3.8) is 0 Å². The largest absolute Gasteiger partial charge is 0.466 e. The fraction of sp³-hybridized carbons (Fsp3) is 0.360. The summed E-state index contributed by atoms with van der Waals surface area (Å²) in [6, 6.07) is 19.6. The van der Waals surface area contributed by atoms with Crippen LogP contribution in [0.1, 0.15) is 38.7 Å². The van der Waals surface area contributed by atoms with Gasteiger partial charge < -0.3 is 9.30 Å². The molecule has 0 fully saturated rings. The molecule has 3 aromatic rings. The van der Waals surface area contributed by atoms with Gasteiger partial charge in [0.15, 0.2) is 0 Å². The Labute approximate surface area is 181 Å². The van der Waals surface area contributed by atoms with E-state index in [1.165, 1.54) is 16.5 Å². The first-order valence-electron chi connectivity index (χ1n) is 10.9. The molecule has 0 saturated heterocycles. The number of aromatic nitrogens is 2. The highest BCUT2D eigenvalue weighted by Gasteiger charge is 2.15. The quantitative estimate of drug-likeness (QED) is 0.396. The summed E-state index contributed by atoms with van der Waals surface area (Å²) in [4.78, 5) is 15.0. The first kappa shape index (κ1) is 23.5. The molecule has 0 amide bonds. The standard InChI is InChI=1S/C15H17B.C10H16N2O2/c1-3-16(14-7-5-4-6-8-14)15-11-9-13(2)10-12-15;1-2-8-14-10(13)4-3-6-12-7-5-11-9-12/h4-12H,3H2,1-2H3;5,7,9H,2-4,6,8H2,1H3. The smallest absolute Gasteiger partial charge is 0.305 e. The van der Waals surface area contributed by atoms with E-state index in [1.54, 1.807) is 12.5 Å². The second kappa shape index (κ2) is 13.4. The lowest BCUT2D eigenvalue weighted by atomic mass is 9.39. The van der Waals surface area contributed by atoms with Gasteiger partial charge in [0.1, 0.15) is 0 Å². The van der Waals surface area contributed by atoms with E-state index in [2.05, 4.69) is 73.4 Å². The number of ether oxygens (including phenoxy) is 1. The molecule has 0 radical (unpaired) electrons. The molecule has 0 aliphatic carbocycles. The van der Waals surface area contributed by atoms with Crippen molar-refractivity contribution in [2.45, 2.75) is 52.9 Å².